The van der Waals surface area contributed by atoms with Crippen molar-refractivity contribution in [3.05, 3.63) is 59.2 Å². The molecule has 0 saturated carbocycles. The van der Waals surface area contributed by atoms with Gasteiger partial charge >= 0.3 is 6.03 Å². The normalized spacial score (nSPS) is 16.9. The maximum atomic E-state index is 11.9. The molecule has 1 saturated heterocycles. The number of aryl methyl sites for hydroxylation is 1. The molecule has 1 atom stereocenters. The standard InChI is InChI=1S/C31H43N3O6/c1-31(2)39-22-25-19-24(13-14-28(25)40-31)27(35)20-32-15-6-3-4-7-16-38-17-8-5-10-23-11-9-12-26(18-23)34-21-29(36)33-30(34)37/h9,11-14,18-19,27,32,35H,3-8,10,15-17,20-22H2,1-2H3,(H,33,36,37)/t27-/m1/s1. The minimum Gasteiger partial charge on any atom is -0.463 e. The number of hydrogen-bond acceptors (Lipinski definition) is 7. The van der Waals surface area contributed by atoms with Gasteiger partial charge in [-0.2, -0.15) is 0 Å². The van der Waals surface area contributed by atoms with Gasteiger partial charge in [-0.1, -0.05) is 31.0 Å². The fraction of sp³-hybridized carbons (Fsp3) is 0.548. The Balaban J connectivity index is 0.978. The number of carbonyl (C=O) groups is 2. The number of unbranched alkanes of at least 4 members (excludes halogenated alkanes) is 4. The Kier molecular flexibility index (Phi) is 10.9. The summed E-state index contributed by atoms with van der Waals surface area (Å²) in [6.07, 6.45) is 6.73. The molecular formula is C31H43N3O6. The summed E-state index contributed by atoms with van der Waals surface area (Å²) in [5, 5.41) is 16.2. The van der Waals surface area contributed by atoms with E-state index in [2.05, 4.69) is 16.7 Å². The van der Waals surface area contributed by atoms with Crippen molar-refractivity contribution in [2.45, 2.75) is 77.3 Å². The van der Waals surface area contributed by atoms with Gasteiger partial charge in [-0.3, -0.25) is 15.0 Å². The molecule has 9 nitrogen and oxygen atoms in total. The predicted molar refractivity (Wildman–Crippen MR) is 153 cm³/mol. The summed E-state index contributed by atoms with van der Waals surface area (Å²) in [5.74, 6) is -0.0601. The summed E-state index contributed by atoms with van der Waals surface area (Å²) in [5.41, 5.74) is 3.75. The van der Waals surface area contributed by atoms with Gasteiger partial charge in [0.05, 0.1) is 12.7 Å². The number of fused-ring (bicyclic) bond motifs is 1. The van der Waals surface area contributed by atoms with Crippen LogP contribution in [-0.2, 0) is 27.3 Å². The number of aliphatic hydroxyl groups is 1. The Morgan fingerprint density at radius 1 is 1.05 bits per heavy atom. The minimum atomic E-state index is -0.615. The number of ether oxygens (including phenoxy) is 3. The number of aliphatic hydroxyl groups excluding tert-OH is 1. The highest BCUT2D eigenvalue weighted by atomic mass is 16.7. The number of benzene rings is 2. The quantitative estimate of drug-likeness (QED) is 0.206. The van der Waals surface area contributed by atoms with Crippen LogP contribution in [0.3, 0.4) is 0 Å². The van der Waals surface area contributed by atoms with E-state index < -0.39 is 11.9 Å². The fourth-order valence-electron chi connectivity index (χ4n) is 4.89. The molecule has 2 heterocycles. The van der Waals surface area contributed by atoms with E-state index in [1.807, 2.05) is 50.2 Å². The lowest BCUT2D eigenvalue weighted by Gasteiger charge is -2.33. The van der Waals surface area contributed by atoms with Crippen LogP contribution in [0.2, 0.25) is 0 Å². The van der Waals surface area contributed by atoms with Crippen LogP contribution in [0.1, 0.15) is 75.2 Å². The number of carbonyl (C=O) groups excluding carboxylic acids is 2. The van der Waals surface area contributed by atoms with E-state index in [-0.39, 0.29) is 18.5 Å². The molecule has 4 rings (SSSR count). The van der Waals surface area contributed by atoms with Crippen molar-refractivity contribution in [1.29, 1.82) is 0 Å². The molecule has 40 heavy (non-hydrogen) atoms. The third kappa shape index (κ3) is 9.02. The first-order chi connectivity index (χ1) is 19.3. The lowest BCUT2D eigenvalue weighted by atomic mass is 10.0. The van der Waals surface area contributed by atoms with Gasteiger partial charge < -0.3 is 24.6 Å². The SMILES string of the molecule is CC1(C)OCc2cc([C@H](O)CNCCCCCCOCCCCc3cccc(N4CC(=O)NC4=O)c3)ccc2O1. The Hall–Kier alpha value is -2.98. The second kappa shape index (κ2) is 14.6. The summed E-state index contributed by atoms with van der Waals surface area (Å²) < 4.78 is 17.3. The monoisotopic (exact) mass is 553 g/mol. The molecule has 2 aliphatic heterocycles. The Bertz CT molecular complexity index is 1140. The lowest BCUT2D eigenvalue weighted by Crippen LogP contribution is -2.35. The van der Waals surface area contributed by atoms with Crippen molar-refractivity contribution < 1.29 is 28.9 Å². The largest absolute Gasteiger partial charge is 0.463 e. The van der Waals surface area contributed by atoms with E-state index in [9.17, 15) is 14.7 Å². The van der Waals surface area contributed by atoms with E-state index in [1.165, 1.54) is 4.90 Å². The molecule has 0 aromatic heterocycles. The zero-order valence-corrected chi connectivity index (χ0v) is 23.7. The van der Waals surface area contributed by atoms with E-state index >= 15 is 0 Å². The number of rotatable bonds is 16. The first kappa shape index (κ1) is 30.0. The van der Waals surface area contributed by atoms with Gasteiger partial charge in [0.25, 0.3) is 0 Å². The summed E-state index contributed by atoms with van der Waals surface area (Å²) in [7, 11) is 0. The molecule has 9 heteroatoms. The van der Waals surface area contributed by atoms with Gasteiger partial charge in [-0.25, -0.2) is 4.79 Å². The van der Waals surface area contributed by atoms with Gasteiger partial charge in [0.2, 0.25) is 11.7 Å². The van der Waals surface area contributed by atoms with Crippen molar-refractivity contribution in [2.24, 2.45) is 0 Å². The highest BCUT2D eigenvalue weighted by Gasteiger charge is 2.28. The predicted octanol–water partition coefficient (Wildman–Crippen LogP) is 4.61. The van der Waals surface area contributed by atoms with Gasteiger partial charge in [0.15, 0.2) is 0 Å². The highest BCUT2D eigenvalue weighted by Crippen LogP contribution is 2.32. The smallest absolute Gasteiger partial charge is 0.329 e. The summed E-state index contributed by atoms with van der Waals surface area (Å²) in [6.45, 7) is 7.29. The first-order valence-electron chi connectivity index (χ1n) is 14.4. The maximum Gasteiger partial charge on any atom is 0.329 e. The Morgan fingerprint density at radius 3 is 2.65 bits per heavy atom. The molecule has 0 spiro atoms. The van der Waals surface area contributed by atoms with Crippen LogP contribution in [-0.4, -0.2) is 55.7 Å². The topological polar surface area (TPSA) is 109 Å². The average Bonchev–Trinajstić information content (AvgIpc) is 3.28. The second-order valence-electron chi connectivity index (χ2n) is 11.0. The summed E-state index contributed by atoms with van der Waals surface area (Å²) in [4.78, 5) is 24.8. The number of hydrogen-bond donors (Lipinski definition) is 3. The molecule has 0 bridgehead atoms. The van der Waals surface area contributed by atoms with Crippen LogP contribution in [0.15, 0.2) is 42.5 Å². The lowest BCUT2D eigenvalue weighted by molar-refractivity contribution is -0.180. The maximum absolute atomic E-state index is 11.9. The zero-order valence-electron chi connectivity index (χ0n) is 23.7. The number of urea groups is 1. The molecule has 3 N–H and O–H groups in total. The minimum absolute atomic E-state index is 0.0806. The van der Waals surface area contributed by atoms with Gasteiger partial charge in [0.1, 0.15) is 12.3 Å². The molecule has 0 aliphatic carbocycles. The molecule has 0 unspecified atom stereocenters. The third-order valence-corrected chi connectivity index (χ3v) is 7.15. The fourth-order valence-corrected chi connectivity index (χ4v) is 4.89. The van der Waals surface area contributed by atoms with Gasteiger partial charge in [0, 0.05) is 44.9 Å². The van der Waals surface area contributed by atoms with Gasteiger partial charge in [-0.05, 0) is 74.0 Å². The number of imide groups is 1. The number of nitrogens with one attached hydrogen (secondary N) is 2. The second-order valence-corrected chi connectivity index (χ2v) is 11.0. The van der Waals surface area contributed by atoms with E-state index in [0.29, 0.717) is 13.2 Å². The van der Waals surface area contributed by atoms with Gasteiger partial charge in [-0.15, -0.1) is 0 Å². The Labute approximate surface area is 237 Å². The molecule has 1 fully saturated rings. The number of anilines is 1. The van der Waals surface area contributed by atoms with Crippen LogP contribution in [0, 0.1) is 0 Å². The molecule has 2 aromatic carbocycles. The third-order valence-electron chi connectivity index (χ3n) is 7.15. The van der Waals surface area contributed by atoms with Crippen molar-refractivity contribution in [1.82, 2.24) is 10.6 Å². The first-order valence-corrected chi connectivity index (χ1v) is 14.4. The van der Waals surface area contributed by atoms with E-state index in [0.717, 1.165) is 92.8 Å². The summed E-state index contributed by atoms with van der Waals surface area (Å²) in [6, 6.07) is 13.3. The molecule has 218 valence electrons. The van der Waals surface area contributed by atoms with E-state index in [1.54, 1.807) is 0 Å². The number of nitrogens with zero attached hydrogens (tertiary/aromatic N) is 1. The van der Waals surface area contributed by atoms with Crippen LogP contribution < -0.4 is 20.3 Å². The van der Waals surface area contributed by atoms with Crippen LogP contribution in [0.5, 0.6) is 5.75 Å². The molecule has 3 amide bonds. The van der Waals surface area contributed by atoms with Crippen molar-refractivity contribution in [3.8, 4) is 5.75 Å². The molecule has 0 radical (unpaired) electrons. The highest BCUT2D eigenvalue weighted by molar-refractivity contribution is 6.12. The molecular weight excluding hydrogens is 510 g/mol. The van der Waals surface area contributed by atoms with Crippen LogP contribution >= 0.6 is 0 Å². The van der Waals surface area contributed by atoms with Crippen molar-refractivity contribution >= 4 is 17.6 Å². The Morgan fingerprint density at radius 2 is 1.85 bits per heavy atom. The van der Waals surface area contributed by atoms with Crippen molar-refractivity contribution in [3.63, 3.8) is 0 Å². The average molecular weight is 554 g/mol. The molecule has 2 aliphatic rings. The van der Waals surface area contributed by atoms with Crippen LogP contribution in [0.25, 0.3) is 0 Å². The number of amides is 3. The summed E-state index contributed by atoms with van der Waals surface area (Å²) >= 11 is 0. The van der Waals surface area contributed by atoms with Crippen molar-refractivity contribution in [2.75, 3.05) is 37.7 Å². The molecule has 2 aromatic rings. The zero-order chi connectivity index (χ0) is 28.4. The van der Waals surface area contributed by atoms with E-state index in [4.69, 9.17) is 14.2 Å². The van der Waals surface area contributed by atoms with Crippen LogP contribution in [0.4, 0.5) is 10.5 Å².